The van der Waals surface area contributed by atoms with Crippen LogP contribution in [0.25, 0.3) is 0 Å². The Balaban J connectivity index is 5.38. The quantitative estimate of drug-likeness (QED) is 0.523. The van der Waals surface area contributed by atoms with Gasteiger partial charge in [-0.25, -0.2) is 4.79 Å². The summed E-state index contributed by atoms with van der Waals surface area (Å²) in [5.41, 5.74) is -0.0525. The summed E-state index contributed by atoms with van der Waals surface area (Å²) in [6, 6.07) is 0. The van der Waals surface area contributed by atoms with E-state index in [9.17, 15) is 19.2 Å². The predicted octanol–water partition coefficient (Wildman–Crippen LogP) is 0.231. The molecule has 0 radical (unpaired) electrons. The molecule has 0 rings (SSSR count). The number of carbonyl (C=O) groups excluding carboxylic acids is 4. The zero-order chi connectivity index (χ0) is 15.2. The fourth-order valence-corrected chi connectivity index (χ4v) is 2.56. The van der Waals surface area contributed by atoms with Crippen LogP contribution in [0.4, 0.5) is 0 Å². The fourth-order valence-electron chi connectivity index (χ4n) is 0.854. The first-order chi connectivity index (χ1) is 8.58. The highest BCUT2D eigenvalue weighted by Crippen LogP contribution is 2.15. The van der Waals surface area contributed by atoms with Crippen molar-refractivity contribution in [1.29, 1.82) is 0 Å². The van der Waals surface area contributed by atoms with Gasteiger partial charge in [-0.1, -0.05) is 6.58 Å². The number of carbonyl (C=O) groups is 4. The summed E-state index contributed by atoms with van der Waals surface area (Å²) in [4.78, 5) is 44.4. The minimum atomic E-state index is -4.57. The van der Waals surface area contributed by atoms with Crippen LogP contribution in [-0.2, 0) is 36.9 Å². The van der Waals surface area contributed by atoms with E-state index in [1.807, 2.05) is 0 Å². The molecule has 0 aromatic rings. The molecule has 9 heteroatoms. The zero-order valence-corrected chi connectivity index (χ0v) is 12.0. The predicted molar refractivity (Wildman–Crippen MR) is 62.0 cm³/mol. The van der Waals surface area contributed by atoms with E-state index in [2.05, 4.69) is 19.9 Å². The normalized spacial score (nSPS) is 10.1. The van der Waals surface area contributed by atoms with Crippen LogP contribution in [0.1, 0.15) is 27.7 Å². The number of hydrogen-bond donors (Lipinski definition) is 0. The Morgan fingerprint density at radius 1 is 0.737 bits per heavy atom. The van der Waals surface area contributed by atoms with Gasteiger partial charge in [0.2, 0.25) is 0 Å². The molecular formula is C10H14O8Si. The average Bonchev–Trinajstić information content (AvgIpc) is 2.12. The Kier molecular flexibility index (Phi) is 5.92. The molecule has 0 fully saturated rings. The number of hydrogen-bond acceptors (Lipinski definition) is 8. The van der Waals surface area contributed by atoms with Gasteiger partial charge in [0.15, 0.2) is 0 Å². The maximum Gasteiger partial charge on any atom is 0.975 e. The Labute approximate surface area is 110 Å². The molecule has 0 N–H and O–H groups in total. The molecule has 0 saturated heterocycles. The summed E-state index contributed by atoms with van der Waals surface area (Å²) >= 11 is 0. The van der Waals surface area contributed by atoms with Crippen LogP contribution in [-0.4, -0.2) is 32.9 Å². The highest BCUT2D eigenvalue weighted by atomic mass is 28.4. The van der Waals surface area contributed by atoms with Crippen molar-refractivity contribution in [2.24, 2.45) is 0 Å². The molecule has 0 heterocycles. The van der Waals surface area contributed by atoms with Gasteiger partial charge >= 0.3 is 15.0 Å². The SMILES string of the molecule is C=C(C)C(=O)O[Si](OC(C)=O)(OC(C)=O)OC(C)=O. The van der Waals surface area contributed by atoms with Gasteiger partial charge < -0.3 is 17.7 Å². The second kappa shape index (κ2) is 6.68. The smallest absolute Gasteiger partial charge is 0.423 e. The van der Waals surface area contributed by atoms with Crippen molar-refractivity contribution < 1.29 is 36.9 Å². The summed E-state index contributed by atoms with van der Waals surface area (Å²) < 4.78 is 18.5. The molecule has 0 aromatic carbocycles. The molecule has 106 valence electrons. The second-order valence-corrected chi connectivity index (χ2v) is 5.27. The van der Waals surface area contributed by atoms with Gasteiger partial charge in [-0.15, -0.1) is 0 Å². The second-order valence-electron chi connectivity index (χ2n) is 3.45. The average molecular weight is 290 g/mol. The first-order valence-corrected chi connectivity index (χ1v) is 6.69. The van der Waals surface area contributed by atoms with E-state index < -0.39 is 32.9 Å². The standard InChI is InChI=1S/C10H14O8Si/c1-6(2)10(14)18-19(15-7(3)11,16-8(4)12)17-9(5)13/h1H2,2-5H3. The lowest BCUT2D eigenvalue weighted by molar-refractivity contribution is -0.159. The maximum atomic E-state index is 11.4. The van der Waals surface area contributed by atoms with Crippen LogP contribution in [0.3, 0.4) is 0 Å². The molecule has 8 nitrogen and oxygen atoms in total. The molecule has 0 bridgehead atoms. The van der Waals surface area contributed by atoms with Crippen molar-refractivity contribution in [2.75, 3.05) is 0 Å². The molecule has 0 atom stereocenters. The molecule has 0 aliphatic carbocycles. The van der Waals surface area contributed by atoms with Gasteiger partial charge in [0.1, 0.15) is 0 Å². The minimum Gasteiger partial charge on any atom is -0.423 e. The minimum absolute atomic E-state index is 0.0525. The molecule has 0 aliphatic heterocycles. The largest absolute Gasteiger partial charge is 0.975 e. The van der Waals surface area contributed by atoms with E-state index in [4.69, 9.17) is 4.43 Å². The van der Waals surface area contributed by atoms with Crippen molar-refractivity contribution in [1.82, 2.24) is 0 Å². The van der Waals surface area contributed by atoms with E-state index >= 15 is 0 Å². The van der Waals surface area contributed by atoms with E-state index in [1.54, 1.807) is 0 Å². The van der Waals surface area contributed by atoms with Gasteiger partial charge in [0.05, 0.1) is 0 Å². The van der Waals surface area contributed by atoms with Crippen LogP contribution in [0, 0.1) is 0 Å². The number of rotatable bonds is 5. The fraction of sp³-hybridized carbons (Fsp3) is 0.400. The highest BCUT2D eigenvalue weighted by Gasteiger charge is 2.62. The zero-order valence-electron chi connectivity index (χ0n) is 11.0. The molecular weight excluding hydrogens is 276 g/mol. The first kappa shape index (κ1) is 16.8. The maximum absolute atomic E-state index is 11.4. The van der Waals surface area contributed by atoms with E-state index in [0.29, 0.717) is 0 Å². The monoisotopic (exact) mass is 290 g/mol. The topological polar surface area (TPSA) is 105 Å². The van der Waals surface area contributed by atoms with Gasteiger partial charge in [-0.05, 0) is 6.92 Å². The van der Waals surface area contributed by atoms with Crippen molar-refractivity contribution in [3.63, 3.8) is 0 Å². The molecule has 0 unspecified atom stereocenters. The lowest BCUT2D eigenvalue weighted by Crippen LogP contribution is -2.53. The summed E-state index contributed by atoms with van der Waals surface area (Å²) in [6.45, 7) is 7.55. The molecule has 0 aromatic heterocycles. The van der Waals surface area contributed by atoms with Gasteiger partial charge in [-0.2, -0.15) is 0 Å². The summed E-state index contributed by atoms with van der Waals surface area (Å²) in [5.74, 6) is -3.84. The van der Waals surface area contributed by atoms with Gasteiger partial charge in [0.25, 0.3) is 17.9 Å². The molecule has 19 heavy (non-hydrogen) atoms. The van der Waals surface area contributed by atoms with Crippen molar-refractivity contribution in [3.8, 4) is 0 Å². The van der Waals surface area contributed by atoms with Crippen LogP contribution < -0.4 is 0 Å². The summed E-state index contributed by atoms with van der Waals surface area (Å²) in [6.07, 6.45) is 0. The molecule has 0 aliphatic rings. The lowest BCUT2D eigenvalue weighted by Gasteiger charge is -2.23. The van der Waals surface area contributed by atoms with Gasteiger partial charge in [0, 0.05) is 26.3 Å². The summed E-state index contributed by atoms with van der Waals surface area (Å²) in [5, 5.41) is 0. The van der Waals surface area contributed by atoms with E-state index in [-0.39, 0.29) is 5.57 Å². The van der Waals surface area contributed by atoms with E-state index in [0.717, 1.165) is 20.8 Å². The van der Waals surface area contributed by atoms with Crippen molar-refractivity contribution in [3.05, 3.63) is 12.2 Å². The Hall–Kier alpha value is -2.16. The highest BCUT2D eigenvalue weighted by molar-refractivity contribution is 6.61. The Bertz CT molecular complexity index is 386. The van der Waals surface area contributed by atoms with Crippen LogP contribution in [0.5, 0.6) is 0 Å². The van der Waals surface area contributed by atoms with Crippen LogP contribution in [0.2, 0.25) is 0 Å². The Morgan fingerprint density at radius 2 is 1.05 bits per heavy atom. The molecule has 0 spiro atoms. The summed E-state index contributed by atoms with van der Waals surface area (Å²) in [7, 11) is -4.57. The first-order valence-electron chi connectivity index (χ1n) is 5.05. The van der Waals surface area contributed by atoms with Crippen molar-refractivity contribution >= 4 is 32.9 Å². The third-order valence-electron chi connectivity index (χ3n) is 1.37. The van der Waals surface area contributed by atoms with Gasteiger partial charge in [-0.3, -0.25) is 14.4 Å². The van der Waals surface area contributed by atoms with E-state index in [1.165, 1.54) is 6.92 Å². The third kappa shape index (κ3) is 6.36. The molecule has 0 amide bonds. The molecule has 0 saturated carbocycles. The van der Waals surface area contributed by atoms with Crippen LogP contribution in [0.15, 0.2) is 12.2 Å². The third-order valence-corrected chi connectivity index (χ3v) is 3.42. The van der Waals surface area contributed by atoms with Crippen LogP contribution >= 0.6 is 0 Å². The Morgan fingerprint density at radius 3 is 1.26 bits per heavy atom. The van der Waals surface area contributed by atoms with Crippen molar-refractivity contribution in [2.45, 2.75) is 27.7 Å². The lowest BCUT2D eigenvalue weighted by atomic mass is 10.4.